The van der Waals surface area contributed by atoms with Crippen molar-refractivity contribution in [2.24, 2.45) is 0 Å². The molecule has 0 spiro atoms. The minimum absolute atomic E-state index is 0.0573. The van der Waals surface area contributed by atoms with E-state index in [1.165, 1.54) is 6.07 Å². The van der Waals surface area contributed by atoms with E-state index < -0.39 is 23.6 Å². The average Bonchev–Trinajstić information content (AvgIpc) is 3.20. The van der Waals surface area contributed by atoms with Crippen LogP contribution in [0.4, 0.5) is 25.0 Å². The molecule has 2 heterocycles. The van der Waals surface area contributed by atoms with Crippen LogP contribution < -0.4 is 15.0 Å². The highest BCUT2D eigenvalue weighted by Gasteiger charge is 2.35. The second-order valence-corrected chi connectivity index (χ2v) is 9.32. The van der Waals surface area contributed by atoms with E-state index in [9.17, 15) is 17.8 Å². The number of alkyl halides is 2. The van der Waals surface area contributed by atoms with E-state index in [0.29, 0.717) is 25.2 Å². The first-order valence-electron chi connectivity index (χ1n) is 10.4. The third-order valence-corrected chi connectivity index (χ3v) is 6.39. The van der Waals surface area contributed by atoms with Crippen molar-refractivity contribution in [1.29, 1.82) is 0 Å². The normalized spacial score (nSPS) is 17.6. The van der Waals surface area contributed by atoms with Crippen molar-refractivity contribution in [2.75, 3.05) is 29.6 Å². The van der Waals surface area contributed by atoms with Crippen LogP contribution in [0, 0.1) is 6.92 Å². The van der Waals surface area contributed by atoms with Crippen LogP contribution in [-0.4, -0.2) is 51.5 Å². The van der Waals surface area contributed by atoms with E-state index in [-0.39, 0.29) is 23.5 Å². The molecule has 1 aliphatic heterocycles. The number of pyridine rings is 1. The minimum atomic E-state index is -3.07. The van der Waals surface area contributed by atoms with E-state index in [2.05, 4.69) is 15.0 Å². The molecule has 2 atom stereocenters. The molecule has 1 saturated heterocycles. The van der Waals surface area contributed by atoms with Crippen LogP contribution in [0.5, 0.6) is 5.88 Å². The summed E-state index contributed by atoms with van der Waals surface area (Å²) in [6.07, 6.45) is 2.24. The zero-order valence-electron chi connectivity index (χ0n) is 18.5. The molecule has 1 aromatic heterocycles. The molecule has 2 unspecified atom stereocenters. The van der Waals surface area contributed by atoms with Crippen LogP contribution in [0.1, 0.15) is 37.4 Å². The van der Waals surface area contributed by atoms with Gasteiger partial charge in [-0.3, -0.25) is 4.90 Å². The lowest BCUT2D eigenvalue weighted by molar-refractivity contribution is -0.0523. The first-order chi connectivity index (χ1) is 15.2. The Morgan fingerprint density at radius 3 is 2.62 bits per heavy atom. The van der Waals surface area contributed by atoms with Crippen LogP contribution >= 0.6 is 0 Å². The van der Waals surface area contributed by atoms with Crippen LogP contribution in [0.25, 0.3) is 0 Å². The molecule has 1 aromatic carbocycles. The highest BCUT2D eigenvalue weighted by Crippen LogP contribution is 2.33. The summed E-state index contributed by atoms with van der Waals surface area (Å²) in [5.41, 5.74) is 2.24. The molecule has 1 fully saturated rings. The minimum Gasteiger partial charge on any atom is -0.415 e. The number of nitrogens with one attached hydrogen (secondary N) is 1. The van der Waals surface area contributed by atoms with Crippen molar-refractivity contribution in [3.05, 3.63) is 47.7 Å². The molecule has 0 saturated carbocycles. The molecule has 2 amide bonds. The van der Waals surface area contributed by atoms with Crippen molar-refractivity contribution in [2.45, 2.75) is 45.8 Å². The summed E-state index contributed by atoms with van der Waals surface area (Å²) in [5.74, 6) is -0.189. The fourth-order valence-corrected chi connectivity index (χ4v) is 4.54. The number of nitrogens with zero attached hydrogens (tertiary/aromatic N) is 3. The smallest absolute Gasteiger partial charge is 0.388 e. The van der Waals surface area contributed by atoms with Crippen molar-refractivity contribution >= 4 is 28.4 Å². The number of halogens is 2. The SMILES string of the molecule is Cc1ccc(NC(=O)N(c2ccccc2C(C)C)C2CCN(S(C)=O)C2)c(OC(F)F)n1. The fourth-order valence-electron chi connectivity index (χ4n) is 3.80. The predicted molar refractivity (Wildman–Crippen MR) is 122 cm³/mol. The lowest BCUT2D eigenvalue weighted by Gasteiger charge is -2.32. The summed E-state index contributed by atoms with van der Waals surface area (Å²) < 4.78 is 44.1. The van der Waals surface area contributed by atoms with Gasteiger partial charge < -0.3 is 10.1 Å². The largest absolute Gasteiger partial charge is 0.415 e. The number of para-hydroxylation sites is 1. The number of hydrogen-bond acceptors (Lipinski definition) is 4. The van der Waals surface area contributed by atoms with Crippen molar-refractivity contribution < 1.29 is 22.5 Å². The first-order valence-corrected chi connectivity index (χ1v) is 11.9. The Balaban J connectivity index is 1.98. The lowest BCUT2D eigenvalue weighted by atomic mass is 9.99. The van der Waals surface area contributed by atoms with Gasteiger partial charge in [0.1, 0.15) is 5.69 Å². The molecule has 10 heteroatoms. The summed E-state index contributed by atoms with van der Waals surface area (Å²) in [6.45, 7) is 3.68. The molecule has 1 aliphatic rings. The number of carbonyl (C=O) groups excluding carboxylic acids is 1. The zero-order chi connectivity index (χ0) is 23.4. The van der Waals surface area contributed by atoms with Gasteiger partial charge >= 0.3 is 12.6 Å². The zero-order valence-corrected chi connectivity index (χ0v) is 19.4. The first kappa shape index (κ1) is 24.1. The quantitative estimate of drug-likeness (QED) is 0.651. The number of rotatable bonds is 7. The number of aryl methyl sites for hydroxylation is 1. The third kappa shape index (κ3) is 5.60. The van der Waals surface area contributed by atoms with E-state index in [1.54, 1.807) is 24.1 Å². The third-order valence-electron chi connectivity index (χ3n) is 5.33. The van der Waals surface area contributed by atoms with Gasteiger partial charge in [-0.25, -0.2) is 18.3 Å². The molecule has 0 bridgehead atoms. The van der Waals surface area contributed by atoms with Gasteiger partial charge in [-0.05, 0) is 43.0 Å². The van der Waals surface area contributed by atoms with Crippen LogP contribution in [0.15, 0.2) is 36.4 Å². The Hall–Kier alpha value is -2.59. The van der Waals surface area contributed by atoms with Crippen LogP contribution in [0.3, 0.4) is 0 Å². The highest BCUT2D eigenvalue weighted by molar-refractivity contribution is 7.81. The maximum absolute atomic E-state index is 13.5. The van der Waals surface area contributed by atoms with Crippen LogP contribution in [-0.2, 0) is 11.0 Å². The summed E-state index contributed by atoms with van der Waals surface area (Å²) in [7, 11) is -1.15. The number of hydrogen-bond donors (Lipinski definition) is 1. The second-order valence-electron chi connectivity index (χ2n) is 7.95. The number of urea groups is 1. The van der Waals surface area contributed by atoms with Gasteiger partial charge in [-0.1, -0.05) is 32.0 Å². The Labute approximate surface area is 189 Å². The van der Waals surface area contributed by atoms with Gasteiger partial charge in [0.05, 0.1) is 17.0 Å². The Kier molecular flexibility index (Phi) is 7.78. The van der Waals surface area contributed by atoms with Crippen LogP contribution in [0.2, 0.25) is 0 Å². The van der Waals surface area contributed by atoms with Gasteiger partial charge in [0, 0.05) is 30.7 Å². The molecule has 32 heavy (non-hydrogen) atoms. The van der Waals surface area contributed by atoms with E-state index in [4.69, 9.17) is 0 Å². The maximum atomic E-state index is 13.5. The van der Waals surface area contributed by atoms with Gasteiger partial charge in [-0.15, -0.1) is 0 Å². The highest BCUT2D eigenvalue weighted by atomic mass is 32.2. The standard InChI is InChI=1S/C22H28F2N4O3S/c1-14(2)17-7-5-6-8-19(17)28(16-11-12-27(13-16)32(4)30)22(29)26-18-10-9-15(3)25-20(18)31-21(23)24/h5-10,14,16,21H,11-13H2,1-4H3,(H,26,29). The van der Waals surface area contributed by atoms with E-state index in [0.717, 1.165) is 11.3 Å². The van der Waals surface area contributed by atoms with E-state index in [1.807, 2.05) is 42.4 Å². The van der Waals surface area contributed by atoms with Crippen molar-refractivity contribution in [1.82, 2.24) is 9.29 Å². The second kappa shape index (κ2) is 10.4. The number of amides is 2. The summed E-state index contributed by atoms with van der Waals surface area (Å²) >= 11 is 0. The molecule has 3 rings (SSSR count). The molecular weight excluding hydrogens is 438 g/mol. The maximum Gasteiger partial charge on any atom is 0.388 e. The Morgan fingerprint density at radius 1 is 1.28 bits per heavy atom. The van der Waals surface area contributed by atoms with Gasteiger partial charge in [0.15, 0.2) is 0 Å². The topological polar surface area (TPSA) is 74.8 Å². The number of carbonyl (C=O) groups is 1. The number of ether oxygens (including phenoxy) is 1. The molecule has 1 N–H and O–H groups in total. The average molecular weight is 467 g/mol. The Bertz CT molecular complexity index is 989. The van der Waals surface area contributed by atoms with Crippen molar-refractivity contribution in [3.8, 4) is 5.88 Å². The monoisotopic (exact) mass is 466 g/mol. The van der Waals surface area contributed by atoms with Gasteiger partial charge in [0.25, 0.3) is 0 Å². The van der Waals surface area contributed by atoms with Gasteiger partial charge in [-0.2, -0.15) is 8.78 Å². The number of anilines is 2. The summed E-state index contributed by atoms with van der Waals surface area (Å²) in [4.78, 5) is 19.2. The molecule has 0 aliphatic carbocycles. The summed E-state index contributed by atoms with van der Waals surface area (Å²) in [6, 6.07) is 9.97. The molecule has 174 valence electrons. The summed E-state index contributed by atoms with van der Waals surface area (Å²) in [5, 5.41) is 2.70. The van der Waals surface area contributed by atoms with Crippen molar-refractivity contribution in [3.63, 3.8) is 0 Å². The predicted octanol–water partition coefficient (Wildman–Crippen LogP) is 4.52. The molecule has 7 nitrogen and oxygen atoms in total. The van der Waals surface area contributed by atoms with E-state index >= 15 is 0 Å². The van der Waals surface area contributed by atoms with Gasteiger partial charge in [0.2, 0.25) is 5.88 Å². The number of aromatic nitrogens is 1. The molecule has 2 aromatic rings. The Morgan fingerprint density at radius 2 is 2.00 bits per heavy atom. The molecular formula is C22H28F2N4O3S. The molecule has 0 radical (unpaired) electrons. The number of benzene rings is 1. The lowest BCUT2D eigenvalue weighted by Crippen LogP contribution is -2.45. The fraction of sp³-hybridized carbons (Fsp3) is 0.455.